The van der Waals surface area contributed by atoms with E-state index in [4.69, 9.17) is 4.42 Å². The molecule has 29 heavy (non-hydrogen) atoms. The first kappa shape index (κ1) is 20.4. The number of hydrogen-bond acceptors (Lipinski definition) is 8. The molecule has 1 amide bonds. The molecule has 10 heteroatoms. The molecule has 148 valence electrons. The highest BCUT2D eigenvalue weighted by molar-refractivity contribution is 7.91. The molecule has 0 bridgehead atoms. The van der Waals surface area contributed by atoms with Gasteiger partial charge in [0.1, 0.15) is 23.2 Å². The van der Waals surface area contributed by atoms with Crippen LogP contribution >= 0.6 is 11.5 Å². The SMILES string of the molecule is CC(C)S(=O)(=O)c1nsc(NC(=O)C(C#N)=Cc2ccc(-c3ccccc3)o2)n1. The molecular formula is C19H16N4O4S2. The minimum atomic E-state index is -3.65. The molecule has 0 aliphatic carbocycles. The number of carbonyl (C=O) groups excluding carboxylic acids is 1. The molecule has 0 aliphatic rings. The number of nitriles is 1. The minimum absolute atomic E-state index is 0.0141. The third-order valence-corrected chi connectivity index (χ3v) is 6.52. The Morgan fingerprint density at radius 1 is 1.24 bits per heavy atom. The molecule has 0 saturated heterocycles. The number of nitrogens with one attached hydrogen (secondary N) is 1. The zero-order valence-corrected chi connectivity index (χ0v) is 17.1. The summed E-state index contributed by atoms with van der Waals surface area (Å²) in [5.41, 5.74) is 0.644. The van der Waals surface area contributed by atoms with Gasteiger partial charge in [-0.25, -0.2) is 8.42 Å². The molecule has 0 atom stereocenters. The predicted octanol–water partition coefficient (Wildman–Crippen LogP) is 3.53. The van der Waals surface area contributed by atoms with Gasteiger partial charge in [0.2, 0.25) is 15.0 Å². The van der Waals surface area contributed by atoms with Crippen LogP contribution in [-0.2, 0) is 14.6 Å². The van der Waals surface area contributed by atoms with Gasteiger partial charge in [-0.3, -0.25) is 10.1 Å². The van der Waals surface area contributed by atoms with Crippen molar-refractivity contribution in [3.63, 3.8) is 0 Å². The van der Waals surface area contributed by atoms with Crippen molar-refractivity contribution >= 4 is 38.5 Å². The quantitative estimate of drug-likeness (QED) is 0.470. The van der Waals surface area contributed by atoms with Crippen molar-refractivity contribution in [2.75, 3.05) is 5.32 Å². The van der Waals surface area contributed by atoms with Crippen molar-refractivity contribution < 1.29 is 17.6 Å². The van der Waals surface area contributed by atoms with E-state index in [-0.39, 0.29) is 15.9 Å². The second-order valence-electron chi connectivity index (χ2n) is 6.17. The molecular weight excluding hydrogens is 412 g/mol. The molecule has 0 fully saturated rings. The summed E-state index contributed by atoms with van der Waals surface area (Å²) in [6.45, 7) is 3.02. The maximum Gasteiger partial charge on any atom is 0.268 e. The van der Waals surface area contributed by atoms with E-state index in [2.05, 4.69) is 14.7 Å². The standard InChI is InChI=1S/C19H16N4O4S2/c1-12(2)29(25,26)19-22-18(28-23-19)21-17(24)14(11-20)10-15-8-9-16(27-15)13-6-4-3-5-7-13/h3-10,12H,1-2H3,(H,21,22,23,24). The molecule has 1 N–H and O–H groups in total. The monoisotopic (exact) mass is 428 g/mol. The van der Waals surface area contributed by atoms with Crippen molar-refractivity contribution in [2.45, 2.75) is 24.3 Å². The van der Waals surface area contributed by atoms with Crippen LogP contribution in [0.25, 0.3) is 17.4 Å². The number of carbonyl (C=O) groups is 1. The van der Waals surface area contributed by atoms with Crippen LogP contribution in [0.5, 0.6) is 0 Å². The van der Waals surface area contributed by atoms with Gasteiger partial charge in [0.05, 0.1) is 5.25 Å². The summed E-state index contributed by atoms with van der Waals surface area (Å²) in [6, 6.07) is 14.6. The van der Waals surface area contributed by atoms with Crippen molar-refractivity contribution in [1.82, 2.24) is 9.36 Å². The van der Waals surface area contributed by atoms with Crippen LogP contribution in [0.1, 0.15) is 19.6 Å². The van der Waals surface area contributed by atoms with Gasteiger partial charge in [0.15, 0.2) is 0 Å². The largest absolute Gasteiger partial charge is 0.457 e. The van der Waals surface area contributed by atoms with Gasteiger partial charge in [-0.05, 0) is 26.0 Å². The number of nitrogens with zero attached hydrogens (tertiary/aromatic N) is 3. The van der Waals surface area contributed by atoms with E-state index in [1.165, 1.54) is 19.9 Å². The number of aromatic nitrogens is 2. The molecule has 3 rings (SSSR count). The summed E-state index contributed by atoms with van der Waals surface area (Å²) in [6.07, 6.45) is 1.30. The van der Waals surface area contributed by atoms with Crippen molar-refractivity contribution in [1.29, 1.82) is 5.26 Å². The second-order valence-corrected chi connectivity index (χ2v) is 9.32. The van der Waals surface area contributed by atoms with E-state index in [0.717, 1.165) is 17.1 Å². The summed E-state index contributed by atoms with van der Waals surface area (Å²) in [7, 11) is -3.65. The van der Waals surface area contributed by atoms with Gasteiger partial charge in [-0.1, -0.05) is 30.3 Å². The zero-order chi connectivity index (χ0) is 21.0. The van der Waals surface area contributed by atoms with E-state index in [0.29, 0.717) is 11.5 Å². The van der Waals surface area contributed by atoms with Gasteiger partial charge in [0, 0.05) is 23.2 Å². The lowest BCUT2D eigenvalue weighted by Crippen LogP contribution is -2.16. The first-order chi connectivity index (χ1) is 13.8. The number of sulfone groups is 1. The molecule has 2 heterocycles. The van der Waals surface area contributed by atoms with Crippen LogP contribution in [0, 0.1) is 11.3 Å². The first-order valence-corrected chi connectivity index (χ1v) is 10.8. The van der Waals surface area contributed by atoms with Crippen LogP contribution in [0.15, 0.2) is 57.6 Å². The van der Waals surface area contributed by atoms with Crippen LogP contribution in [0.2, 0.25) is 0 Å². The average molecular weight is 428 g/mol. The van der Waals surface area contributed by atoms with Crippen molar-refractivity contribution in [2.24, 2.45) is 0 Å². The van der Waals surface area contributed by atoms with E-state index < -0.39 is 21.0 Å². The van der Waals surface area contributed by atoms with Gasteiger partial charge in [0.25, 0.3) is 11.1 Å². The van der Waals surface area contributed by atoms with Crippen LogP contribution in [-0.4, -0.2) is 28.9 Å². The fourth-order valence-corrected chi connectivity index (χ4v) is 3.93. The lowest BCUT2D eigenvalue weighted by atomic mass is 10.2. The maximum atomic E-state index is 12.4. The fourth-order valence-electron chi connectivity index (χ4n) is 2.23. The Morgan fingerprint density at radius 2 is 1.97 bits per heavy atom. The Labute approximate surface area is 171 Å². The normalized spacial score (nSPS) is 12.0. The van der Waals surface area contributed by atoms with Crippen molar-refractivity contribution in [3.8, 4) is 17.4 Å². The number of rotatable bonds is 6. The summed E-state index contributed by atoms with van der Waals surface area (Å²) in [4.78, 5) is 16.2. The summed E-state index contributed by atoms with van der Waals surface area (Å²) < 4.78 is 33.6. The van der Waals surface area contributed by atoms with E-state index in [9.17, 15) is 18.5 Å². The average Bonchev–Trinajstić information content (AvgIpc) is 3.36. The lowest BCUT2D eigenvalue weighted by Gasteiger charge is -2.02. The minimum Gasteiger partial charge on any atom is -0.457 e. The Balaban J connectivity index is 1.77. The van der Waals surface area contributed by atoms with Crippen molar-refractivity contribution in [3.05, 3.63) is 53.8 Å². The highest BCUT2D eigenvalue weighted by atomic mass is 32.2. The Bertz CT molecular complexity index is 1200. The number of anilines is 1. The van der Waals surface area contributed by atoms with Crippen LogP contribution in [0.4, 0.5) is 5.13 Å². The molecule has 0 saturated carbocycles. The Morgan fingerprint density at radius 3 is 2.62 bits per heavy atom. The van der Waals surface area contributed by atoms with E-state index >= 15 is 0 Å². The molecule has 8 nitrogen and oxygen atoms in total. The molecule has 0 spiro atoms. The Kier molecular flexibility index (Phi) is 5.91. The predicted molar refractivity (Wildman–Crippen MR) is 109 cm³/mol. The summed E-state index contributed by atoms with van der Waals surface area (Å²) in [5, 5.41) is 10.7. The molecule has 0 radical (unpaired) electrons. The van der Waals surface area contributed by atoms with E-state index in [1.807, 2.05) is 30.3 Å². The zero-order valence-electron chi connectivity index (χ0n) is 15.5. The van der Waals surface area contributed by atoms with Gasteiger partial charge >= 0.3 is 0 Å². The maximum absolute atomic E-state index is 12.4. The molecule has 3 aromatic rings. The summed E-state index contributed by atoms with van der Waals surface area (Å²) >= 11 is 0.725. The molecule has 2 aromatic heterocycles. The number of amides is 1. The lowest BCUT2D eigenvalue weighted by molar-refractivity contribution is -0.112. The van der Waals surface area contributed by atoms with E-state index in [1.54, 1.807) is 18.2 Å². The number of hydrogen-bond donors (Lipinski definition) is 1. The third kappa shape index (κ3) is 4.59. The number of benzene rings is 1. The first-order valence-electron chi connectivity index (χ1n) is 8.47. The Hall–Kier alpha value is -3.29. The highest BCUT2D eigenvalue weighted by Gasteiger charge is 2.25. The smallest absolute Gasteiger partial charge is 0.268 e. The van der Waals surface area contributed by atoms with Gasteiger partial charge in [-0.15, -0.1) is 0 Å². The molecule has 1 aromatic carbocycles. The fraction of sp³-hybridized carbons (Fsp3) is 0.158. The van der Waals surface area contributed by atoms with Crippen LogP contribution in [0.3, 0.4) is 0 Å². The topological polar surface area (TPSA) is 126 Å². The molecule has 0 aliphatic heterocycles. The molecule has 0 unspecified atom stereocenters. The number of furan rings is 1. The van der Waals surface area contributed by atoms with Gasteiger partial charge < -0.3 is 4.42 Å². The second kappa shape index (κ2) is 8.38. The highest BCUT2D eigenvalue weighted by Crippen LogP contribution is 2.24. The summed E-state index contributed by atoms with van der Waals surface area (Å²) in [5.74, 6) is 0.188. The van der Waals surface area contributed by atoms with Crippen LogP contribution < -0.4 is 5.32 Å². The van der Waals surface area contributed by atoms with Gasteiger partial charge in [-0.2, -0.15) is 14.6 Å². The third-order valence-electron chi connectivity index (χ3n) is 3.84.